The zero-order valence-corrected chi connectivity index (χ0v) is 10.4. The van der Waals surface area contributed by atoms with Crippen LogP contribution in [-0.4, -0.2) is 55.8 Å². The summed E-state index contributed by atoms with van der Waals surface area (Å²) in [4.78, 5) is 24.4. The first-order chi connectivity index (χ1) is 7.12. The Balaban J connectivity index is 2.73. The predicted octanol–water partition coefficient (Wildman–Crippen LogP) is -1.23. The summed E-state index contributed by atoms with van der Waals surface area (Å²) in [6.07, 6.45) is 1.10. The van der Waals surface area contributed by atoms with Crippen LogP contribution < -0.4 is 5.32 Å². The summed E-state index contributed by atoms with van der Waals surface area (Å²) >= 11 is 0. The Bertz CT molecular complexity index is 413. The van der Waals surface area contributed by atoms with Crippen LogP contribution in [0.5, 0.6) is 0 Å². The third kappa shape index (κ3) is 3.19. The van der Waals surface area contributed by atoms with Crippen molar-refractivity contribution in [3.8, 4) is 0 Å². The van der Waals surface area contributed by atoms with Crippen molar-refractivity contribution in [2.24, 2.45) is 0 Å². The molecule has 1 aliphatic rings. The Morgan fingerprint density at radius 2 is 1.94 bits per heavy atom. The number of piperazine rings is 1. The summed E-state index contributed by atoms with van der Waals surface area (Å²) in [5.74, 6) is -0.642. The zero-order chi connectivity index (χ0) is 12.6. The van der Waals surface area contributed by atoms with Crippen molar-refractivity contribution in [3.63, 3.8) is 0 Å². The second kappa shape index (κ2) is 4.04. The van der Waals surface area contributed by atoms with Gasteiger partial charge in [0, 0.05) is 12.8 Å². The van der Waals surface area contributed by atoms with Crippen molar-refractivity contribution in [1.82, 2.24) is 10.2 Å². The Kier molecular flexibility index (Phi) is 3.27. The second-order valence-corrected chi connectivity index (χ2v) is 6.79. The van der Waals surface area contributed by atoms with Crippen LogP contribution in [0.25, 0.3) is 0 Å². The maximum Gasteiger partial charge on any atom is 0.248 e. The molecule has 0 aromatic heterocycles. The van der Waals surface area contributed by atoms with E-state index in [9.17, 15) is 18.0 Å². The summed E-state index contributed by atoms with van der Waals surface area (Å²) in [6, 6.07) is 0. The van der Waals surface area contributed by atoms with E-state index in [1.807, 2.05) is 0 Å². The number of carbonyl (C=O) groups excluding carboxylic acids is 2. The van der Waals surface area contributed by atoms with Crippen LogP contribution in [0.1, 0.15) is 13.8 Å². The molecule has 1 saturated heterocycles. The Morgan fingerprint density at radius 1 is 1.38 bits per heavy atom. The van der Waals surface area contributed by atoms with Crippen molar-refractivity contribution in [2.45, 2.75) is 19.4 Å². The van der Waals surface area contributed by atoms with E-state index < -0.39 is 15.4 Å². The molecule has 1 fully saturated rings. The van der Waals surface area contributed by atoms with E-state index in [1.54, 1.807) is 13.8 Å². The van der Waals surface area contributed by atoms with Gasteiger partial charge in [-0.1, -0.05) is 0 Å². The number of hydrogen-bond acceptors (Lipinski definition) is 4. The summed E-state index contributed by atoms with van der Waals surface area (Å²) in [5, 5.41) is 2.55. The second-order valence-electron chi connectivity index (χ2n) is 4.53. The minimum Gasteiger partial charge on any atom is -0.341 e. The van der Waals surface area contributed by atoms with Gasteiger partial charge in [-0.05, 0) is 13.8 Å². The van der Waals surface area contributed by atoms with E-state index in [2.05, 4.69) is 5.32 Å². The molecule has 1 heterocycles. The predicted molar refractivity (Wildman–Crippen MR) is 58.5 cm³/mol. The SMILES string of the molecule is CC1(C)NC(=O)CN(CCS(C)(=O)=O)C1=O. The molecule has 0 unspecified atom stereocenters. The largest absolute Gasteiger partial charge is 0.341 e. The third-order valence-corrected chi connectivity index (χ3v) is 3.26. The Morgan fingerprint density at radius 3 is 2.44 bits per heavy atom. The van der Waals surface area contributed by atoms with Crippen molar-refractivity contribution in [3.05, 3.63) is 0 Å². The van der Waals surface area contributed by atoms with Crippen LogP contribution >= 0.6 is 0 Å². The molecule has 0 aromatic rings. The molecule has 0 bridgehead atoms. The quantitative estimate of drug-likeness (QED) is 0.677. The van der Waals surface area contributed by atoms with E-state index in [0.29, 0.717) is 0 Å². The van der Waals surface area contributed by atoms with Crippen LogP contribution in [0.2, 0.25) is 0 Å². The highest BCUT2D eigenvalue weighted by Gasteiger charge is 2.38. The lowest BCUT2D eigenvalue weighted by molar-refractivity contribution is -0.148. The molecule has 6 nitrogen and oxygen atoms in total. The number of sulfone groups is 1. The van der Waals surface area contributed by atoms with Gasteiger partial charge in [-0.25, -0.2) is 8.42 Å². The van der Waals surface area contributed by atoms with Gasteiger partial charge in [-0.3, -0.25) is 9.59 Å². The molecule has 2 amide bonds. The molecule has 0 saturated carbocycles. The standard InChI is InChI=1S/C9H16N2O4S/c1-9(2)8(13)11(6-7(12)10-9)4-5-16(3,14)15/h4-6H2,1-3H3,(H,10,12). The average Bonchev–Trinajstić information content (AvgIpc) is 2.06. The van der Waals surface area contributed by atoms with Gasteiger partial charge in [0.25, 0.3) is 0 Å². The number of nitrogens with one attached hydrogen (secondary N) is 1. The molecule has 7 heteroatoms. The molecule has 0 atom stereocenters. The fourth-order valence-electron chi connectivity index (χ4n) is 1.54. The molecule has 1 aliphatic heterocycles. The van der Waals surface area contributed by atoms with Crippen molar-refractivity contribution in [2.75, 3.05) is 25.1 Å². The van der Waals surface area contributed by atoms with Crippen LogP contribution in [0.3, 0.4) is 0 Å². The smallest absolute Gasteiger partial charge is 0.248 e. The molecular weight excluding hydrogens is 232 g/mol. The van der Waals surface area contributed by atoms with Gasteiger partial charge in [0.05, 0.1) is 12.3 Å². The van der Waals surface area contributed by atoms with Crippen molar-refractivity contribution < 1.29 is 18.0 Å². The minimum atomic E-state index is -3.13. The van der Waals surface area contributed by atoms with Gasteiger partial charge in [-0.15, -0.1) is 0 Å². The van der Waals surface area contributed by atoms with Gasteiger partial charge in [0.15, 0.2) is 0 Å². The molecule has 1 rings (SSSR count). The summed E-state index contributed by atoms with van der Waals surface area (Å²) in [7, 11) is -3.13. The molecule has 1 N–H and O–H groups in total. The molecule has 0 aliphatic carbocycles. The maximum absolute atomic E-state index is 11.8. The first kappa shape index (κ1) is 13.0. The van der Waals surface area contributed by atoms with Gasteiger partial charge in [0.1, 0.15) is 15.4 Å². The maximum atomic E-state index is 11.8. The Labute approximate surface area is 94.9 Å². The molecule has 0 aromatic carbocycles. The number of rotatable bonds is 3. The van der Waals surface area contributed by atoms with Crippen molar-refractivity contribution in [1.29, 1.82) is 0 Å². The first-order valence-electron chi connectivity index (χ1n) is 4.90. The zero-order valence-electron chi connectivity index (χ0n) is 9.61. The molecule has 0 radical (unpaired) electrons. The lowest BCUT2D eigenvalue weighted by Gasteiger charge is -2.37. The fourth-order valence-corrected chi connectivity index (χ4v) is 2.09. The van der Waals surface area contributed by atoms with Crippen LogP contribution in [0.4, 0.5) is 0 Å². The fraction of sp³-hybridized carbons (Fsp3) is 0.778. The summed E-state index contributed by atoms with van der Waals surface area (Å²) in [6.45, 7) is 3.19. The van der Waals surface area contributed by atoms with Crippen LogP contribution in [-0.2, 0) is 19.4 Å². The molecule has 0 spiro atoms. The molecular formula is C9H16N2O4S. The highest BCUT2D eigenvalue weighted by molar-refractivity contribution is 7.90. The summed E-state index contributed by atoms with van der Waals surface area (Å²) < 4.78 is 22.0. The lowest BCUT2D eigenvalue weighted by atomic mass is 10.0. The number of nitrogens with zero attached hydrogens (tertiary/aromatic N) is 1. The van der Waals surface area contributed by atoms with Gasteiger partial charge >= 0.3 is 0 Å². The van der Waals surface area contributed by atoms with Crippen LogP contribution in [0.15, 0.2) is 0 Å². The first-order valence-corrected chi connectivity index (χ1v) is 6.96. The average molecular weight is 248 g/mol. The normalized spacial score (nSPS) is 20.8. The minimum absolute atomic E-state index is 0.0640. The van der Waals surface area contributed by atoms with Gasteiger partial charge in [0.2, 0.25) is 11.8 Å². The topological polar surface area (TPSA) is 83.6 Å². The molecule has 16 heavy (non-hydrogen) atoms. The lowest BCUT2D eigenvalue weighted by Crippen LogP contribution is -2.64. The van der Waals surface area contributed by atoms with Gasteiger partial charge < -0.3 is 10.2 Å². The van der Waals surface area contributed by atoms with E-state index in [4.69, 9.17) is 0 Å². The Hall–Kier alpha value is -1.11. The van der Waals surface area contributed by atoms with E-state index in [1.165, 1.54) is 4.90 Å². The number of amides is 2. The van der Waals surface area contributed by atoms with Gasteiger partial charge in [-0.2, -0.15) is 0 Å². The summed E-state index contributed by atoms with van der Waals surface area (Å²) in [5.41, 5.74) is -0.952. The van der Waals surface area contributed by atoms with E-state index in [0.717, 1.165) is 6.26 Å². The number of carbonyl (C=O) groups is 2. The highest BCUT2D eigenvalue weighted by atomic mass is 32.2. The van der Waals surface area contributed by atoms with E-state index in [-0.39, 0.29) is 30.7 Å². The highest BCUT2D eigenvalue weighted by Crippen LogP contribution is 2.12. The van der Waals surface area contributed by atoms with Crippen LogP contribution in [0, 0.1) is 0 Å². The number of hydrogen-bond donors (Lipinski definition) is 1. The third-order valence-electron chi connectivity index (χ3n) is 2.34. The molecule has 92 valence electrons. The van der Waals surface area contributed by atoms with Crippen molar-refractivity contribution >= 4 is 21.7 Å². The van der Waals surface area contributed by atoms with E-state index >= 15 is 0 Å². The monoisotopic (exact) mass is 248 g/mol.